The van der Waals surface area contributed by atoms with Gasteiger partial charge in [-0.15, -0.1) is 0 Å². The van der Waals surface area contributed by atoms with E-state index < -0.39 is 29.2 Å². The predicted molar refractivity (Wildman–Crippen MR) is 70.0 cm³/mol. The lowest BCUT2D eigenvalue weighted by atomic mass is 9.94. The second kappa shape index (κ2) is 6.36. The Morgan fingerprint density at radius 1 is 1.48 bits per heavy atom. The molecule has 1 aromatic rings. The fourth-order valence-electron chi connectivity index (χ4n) is 2.44. The summed E-state index contributed by atoms with van der Waals surface area (Å²) >= 11 is 0. The molecular weight excluding hydrogens is 284 g/mol. The van der Waals surface area contributed by atoms with Gasteiger partial charge in [0.15, 0.2) is 11.6 Å². The number of aliphatic hydroxyl groups is 2. The number of ether oxygens (including phenoxy) is 1. The second-order valence-electron chi connectivity index (χ2n) is 4.99. The van der Waals surface area contributed by atoms with Gasteiger partial charge in [0.25, 0.3) is 5.91 Å². The van der Waals surface area contributed by atoms with Crippen LogP contribution in [0.1, 0.15) is 16.8 Å². The first-order valence-electron chi connectivity index (χ1n) is 6.59. The first kappa shape index (κ1) is 15.7. The fraction of sp³-hybridized carbons (Fsp3) is 0.500. The molecule has 0 saturated carbocycles. The van der Waals surface area contributed by atoms with Crippen molar-refractivity contribution in [2.24, 2.45) is 5.92 Å². The number of halogens is 2. The summed E-state index contributed by atoms with van der Waals surface area (Å²) in [4.78, 5) is 13.6. The molecule has 0 spiro atoms. The second-order valence-corrected chi connectivity index (χ2v) is 4.99. The highest BCUT2D eigenvalue weighted by molar-refractivity contribution is 5.97. The summed E-state index contributed by atoms with van der Waals surface area (Å²) in [6, 6.07) is 2.07. The zero-order valence-electron chi connectivity index (χ0n) is 11.6. The van der Waals surface area contributed by atoms with Gasteiger partial charge in [-0.2, -0.15) is 0 Å². The number of amides is 1. The molecular formula is C14H17F2NO4. The molecule has 2 rings (SSSR count). The van der Waals surface area contributed by atoms with E-state index in [0.29, 0.717) is 6.42 Å². The molecule has 0 aromatic heterocycles. The van der Waals surface area contributed by atoms with Gasteiger partial charge in [-0.1, -0.05) is 0 Å². The van der Waals surface area contributed by atoms with Crippen molar-refractivity contribution >= 4 is 5.91 Å². The van der Waals surface area contributed by atoms with E-state index >= 15 is 0 Å². The van der Waals surface area contributed by atoms with Crippen LogP contribution in [-0.2, 0) is 0 Å². The predicted octanol–water partition coefficient (Wildman–Crippen LogP) is 0.789. The number of likely N-dealkylation sites (tertiary alicyclic amines) is 1. The topological polar surface area (TPSA) is 70.0 Å². The smallest absolute Gasteiger partial charge is 0.260 e. The summed E-state index contributed by atoms with van der Waals surface area (Å²) < 4.78 is 32.1. The minimum atomic E-state index is -1.27. The number of nitrogens with zero attached hydrogens (tertiary/aromatic N) is 1. The molecule has 1 aliphatic heterocycles. The number of β-amino-alcohol motifs (C(OH)–C–C–N with tert-alkyl or cyclic N) is 1. The van der Waals surface area contributed by atoms with E-state index in [1.807, 2.05) is 0 Å². The van der Waals surface area contributed by atoms with Gasteiger partial charge >= 0.3 is 0 Å². The SMILES string of the molecule is COc1ccc(F)c(F)c1C(=O)N1CC[C@H](CO)[C@@H](O)C1. The Bertz CT molecular complexity index is 538. The molecule has 0 aliphatic carbocycles. The number of piperidine rings is 1. The molecule has 0 bridgehead atoms. The van der Waals surface area contributed by atoms with Gasteiger partial charge in [-0.05, 0) is 18.6 Å². The van der Waals surface area contributed by atoms with Crippen LogP contribution in [0.5, 0.6) is 5.75 Å². The molecule has 7 heteroatoms. The van der Waals surface area contributed by atoms with Crippen LogP contribution in [0.4, 0.5) is 8.78 Å². The first-order chi connectivity index (χ1) is 9.99. The van der Waals surface area contributed by atoms with E-state index in [1.54, 1.807) is 0 Å². The number of aliphatic hydroxyl groups excluding tert-OH is 2. The molecule has 1 aliphatic rings. The van der Waals surface area contributed by atoms with Crippen molar-refractivity contribution in [2.45, 2.75) is 12.5 Å². The largest absolute Gasteiger partial charge is 0.496 e. The number of carbonyl (C=O) groups excluding carboxylic acids is 1. The molecule has 21 heavy (non-hydrogen) atoms. The van der Waals surface area contributed by atoms with Gasteiger partial charge in [-0.25, -0.2) is 8.78 Å². The average Bonchev–Trinajstić information content (AvgIpc) is 2.49. The number of benzene rings is 1. The number of rotatable bonds is 3. The van der Waals surface area contributed by atoms with Gasteiger partial charge in [-0.3, -0.25) is 4.79 Å². The van der Waals surface area contributed by atoms with E-state index in [2.05, 4.69) is 0 Å². The van der Waals surface area contributed by atoms with E-state index in [0.717, 1.165) is 6.07 Å². The minimum Gasteiger partial charge on any atom is -0.496 e. The average molecular weight is 301 g/mol. The van der Waals surface area contributed by atoms with Crippen LogP contribution in [-0.4, -0.2) is 53.9 Å². The van der Waals surface area contributed by atoms with Gasteiger partial charge < -0.3 is 19.8 Å². The molecule has 2 N–H and O–H groups in total. The molecule has 0 radical (unpaired) electrons. The number of methoxy groups -OCH3 is 1. The Balaban J connectivity index is 2.27. The lowest BCUT2D eigenvalue weighted by Crippen LogP contribution is -2.47. The quantitative estimate of drug-likeness (QED) is 0.866. The van der Waals surface area contributed by atoms with Gasteiger partial charge in [0.05, 0.1) is 13.2 Å². The van der Waals surface area contributed by atoms with Gasteiger partial charge in [0, 0.05) is 25.6 Å². The monoisotopic (exact) mass is 301 g/mol. The zero-order chi connectivity index (χ0) is 15.6. The maximum atomic E-state index is 13.9. The molecule has 1 aromatic carbocycles. The summed E-state index contributed by atoms with van der Waals surface area (Å²) in [5.74, 6) is -3.51. The Morgan fingerprint density at radius 2 is 2.19 bits per heavy atom. The zero-order valence-corrected chi connectivity index (χ0v) is 11.6. The third-order valence-corrected chi connectivity index (χ3v) is 3.73. The van der Waals surface area contributed by atoms with Crippen LogP contribution in [0.15, 0.2) is 12.1 Å². The number of hydrogen-bond donors (Lipinski definition) is 2. The Morgan fingerprint density at radius 3 is 2.76 bits per heavy atom. The molecule has 1 amide bonds. The van der Waals surface area contributed by atoms with Crippen LogP contribution in [0.25, 0.3) is 0 Å². The summed E-state index contributed by atoms with van der Waals surface area (Å²) in [5, 5.41) is 18.9. The van der Waals surface area contributed by atoms with Crippen molar-refractivity contribution in [3.8, 4) is 5.75 Å². The fourth-order valence-corrected chi connectivity index (χ4v) is 2.44. The third-order valence-electron chi connectivity index (χ3n) is 3.73. The van der Waals surface area contributed by atoms with E-state index in [-0.39, 0.29) is 31.4 Å². The first-order valence-corrected chi connectivity index (χ1v) is 6.59. The van der Waals surface area contributed by atoms with E-state index in [4.69, 9.17) is 9.84 Å². The molecule has 2 atom stereocenters. The highest BCUT2D eigenvalue weighted by atomic mass is 19.2. The van der Waals surface area contributed by atoms with Crippen LogP contribution >= 0.6 is 0 Å². The van der Waals surface area contributed by atoms with Crippen LogP contribution < -0.4 is 4.74 Å². The van der Waals surface area contributed by atoms with E-state index in [9.17, 15) is 18.7 Å². The lowest BCUT2D eigenvalue weighted by molar-refractivity contribution is 0.000550. The molecule has 0 unspecified atom stereocenters. The van der Waals surface area contributed by atoms with Gasteiger partial charge in [0.2, 0.25) is 0 Å². The van der Waals surface area contributed by atoms with Crippen molar-refractivity contribution in [3.05, 3.63) is 29.3 Å². The van der Waals surface area contributed by atoms with Crippen LogP contribution in [0.3, 0.4) is 0 Å². The molecule has 1 heterocycles. The van der Waals surface area contributed by atoms with Crippen molar-refractivity contribution in [3.63, 3.8) is 0 Å². The highest BCUT2D eigenvalue weighted by Gasteiger charge is 2.33. The minimum absolute atomic E-state index is 0.0385. The Kier molecular flexibility index (Phi) is 4.74. The van der Waals surface area contributed by atoms with Crippen LogP contribution in [0, 0.1) is 17.6 Å². The number of hydrogen-bond acceptors (Lipinski definition) is 4. The third kappa shape index (κ3) is 2.98. The Hall–Kier alpha value is -1.73. The summed E-state index contributed by atoms with van der Waals surface area (Å²) in [5.41, 5.74) is -0.479. The van der Waals surface area contributed by atoms with Crippen molar-refractivity contribution < 1.29 is 28.5 Å². The van der Waals surface area contributed by atoms with Gasteiger partial charge in [0.1, 0.15) is 11.3 Å². The lowest BCUT2D eigenvalue weighted by Gasteiger charge is -2.35. The summed E-state index contributed by atoms with van der Waals surface area (Å²) in [7, 11) is 1.26. The Labute approximate surface area is 120 Å². The van der Waals surface area contributed by atoms with E-state index in [1.165, 1.54) is 18.1 Å². The molecule has 116 valence electrons. The highest BCUT2D eigenvalue weighted by Crippen LogP contribution is 2.27. The van der Waals surface area contributed by atoms with Crippen molar-refractivity contribution in [1.29, 1.82) is 0 Å². The summed E-state index contributed by atoms with van der Waals surface area (Å²) in [6.07, 6.45) is -0.502. The maximum absolute atomic E-state index is 13.9. The van der Waals surface area contributed by atoms with Crippen LogP contribution in [0.2, 0.25) is 0 Å². The number of carbonyl (C=O) groups is 1. The van der Waals surface area contributed by atoms with Crippen molar-refractivity contribution in [1.82, 2.24) is 4.90 Å². The molecule has 5 nitrogen and oxygen atoms in total. The standard InChI is InChI=1S/C14H17F2NO4/c1-21-11-3-2-9(15)13(16)12(11)14(20)17-5-4-8(7-18)10(19)6-17/h2-3,8,10,18-19H,4-7H2,1H3/t8-,10+/m1/s1. The maximum Gasteiger partial charge on any atom is 0.260 e. The summed E-state index contributed by atoms with van der Waals surface area (Å²) in [6.45, 7) is 0.0320. The van der Waals surface area contributed by atoms with Crippen molar-refractivity contribution in [2.75, 3.05) is 26.8 Å². The normalized spacial score (nSPS) is 22.2. The molecule has 1 saturated heterocycles. The molecule has 1 fully saturated rings.